The van der Waals surface area contributed by atoms with E-state index in [1.54, 1.807) is 6.26 Å². The molecule has 0 saturated heterocycles. The highest BCUT2D eigenvalue weighted by atomic mass is 16.3. The number of likely N-dealkylation sites (N-methyl/N-ethyl adjacent to an activating group) is 1. The molecule has 0 fully saturated rings. The highest BCUT2D eigenvalue weighted by Gasteiger charge is 2.22. The van der Waals surface area contributed by atoms with Gasteiger partial charge in [-0.15, -0.1) is 0 Å². The molecule has 0 aliphatic carbocycles. The van der Waals surface area contributed by atoms with Crippen LogP contribution in [0.25, 0.3) is 0 Å². The van der Waals surface area contributed by atoms with Gasteiger partial charge < -0.3 is 9.73 Å². The Kier molecular flexibility index (Phi) is 4.11. The first-order valence-corrected chi connectivity index (χ1v) is 6.80. The standard InChI is InChI=1S/C17H23NO/c1-17(2,3)15-8-6-5-7-14(15)16(18-4)11-13-9-10-19-12-13/h5-10,12,16,18H,11H2,1-4H3. The van der Waals surface area contributed by atoms with E-state index in [0.29, 0.717) is 6.04 Å². The van der Waals surface area contributed by atoms with Gasteiger partial charge in [0.1, 0.15) is 0 Å². The van der Waals surface area contributed by atoms with E-state index in [-0.39, 0.29) is 5.41 Å². The second-order valence-corrected chi connectivity index (χ2v) is 6.01. The fourth-order valence-corrected chi connectivity index (χ4v) is 2.50. The maximum atomic E-state index is 5.17. The third kappa shape index (κ3) is 3.27. The van der Waals surface area contributed by atoms with Crippen LogP contribution in [0.5, 0.6) is 0 Å². The van der Waals surface area contributed by atoms with Crippen LogP contribution in [-0.4, -0.2) is 7.05 Å². The van der Waals surface area contributed by atoms with Crippen molar-refractivity contribution in [2.24, 2.45) is 0 Å². The molecule has 1 N–H and O–H groups in total. The van der Waals surface area contributed by atoms with E-state index in [0.717, 1.165) is 6.42 Å². The summed E-state index contributed by atoms with van der Waals surface area (Å²) in [7, 11) is 2.02. The van der Waals surface area contributed by atoms with Crippen molar-refractivity contribution in [2.75, 3.05) is 7.05 Å². The normalized spacial score (nSPS) is 13.5. The topological polar surface area (TPSA) is 25.2 Å². The van der Waals surface area contributed by atoms with E-state index in [4.69, 9.17) is 4.42 Å². The predicted octanol–water partition coefficient (Wildman–Crippen LogP) is 4.08. The van der Waals surface area contributed by atoms with E-state index in [1.165, 1.54) is 16.7 Å². The molecule has 2 nitrogen and oxygen atoms in total. The summed E-state index contributed by atoms with van der Waals surface area (Å²) in [5.74, 6) is 0. The molecule has 0 bridgehead atoms. The molecule has 0 amide bonds. The van der Waals surface area contributed by atoms with Crippen LogP contribution in [-0.2, 0) is 11.8 Å². The van der Waals surface area contributed by atoms with Gasteiger partial charge in [0.05, 0.1) is 12.5 Å². The van der Waals surface area contributed by atoms with Crippen molar-refractivity contribution in [1.29, 1.82) is 0 Å². The third-order valence-corrected chi connectivity index (χ3v) is 3.51. The number of nitrogens with one attached hydrogen (secondary N) is 1. The van der Waals surface area contributed by atoms with Gasteiger partial charge in [0.25, 0.3) is 0 Å². The van der Waals surface area contributed by atoms with Crippen LogP contribution in [0.2, 0.25) is 0 Å². The molecule has 1 atom stereocenters. The molecule has 102 valence electrons. The van der Waals surface area contributed by atoms with Gasteiger partial charge in [-0.1, -0.05) is 45.0 Å². The number of rotatable bonds is 4. The van der Waals surface area contributed by atoms with E-state index < -0.39 is 0 Å². The molecule has 1 aromatic heterocycles. The minimum Gasteiger partial charge on any atom is -0.472 e. The Bertz CT molecular complexity index is 508. The zero-order chi connectivity index (χ0) is 13.9. The lowest BCUT2D eigenvalue weighted by Crippen LogP contribution is -2.24. The van der Waals surface area contributed by atoms with Crippen molar-refractivity contribution in [2.45, 2.75) is 38.6 Å². The smallest absolute Gasteiger partial charge is 0.0935 e. The van der Waals surface area contributed by atoms with Gasteiger partial charge >= 0.3 is 0 Å². The molecule has 1 aromatic carbocycles. The molecule has 0 aliphatic rings. The van der Waals surface area contributed by atoms with Crippen LogP contribution in [0.3, 0.4) is 0 Å². The van der Waals surface area contributed by atoms with Gasteiger partial charge in [-0.05, 0) is 41.6 Å². The zero-order valence-electron chi connectivity index (χ0n) is 12.2. The maximum Gasteiger partial charge on any atom is 0.0935 e. The first-order chi connectivity index (χ1) is 9.02. The SMILES string of the molecule is CNC(Cc1ccoc1)c1ccccc1C(C)(C)C. The molecular weight excluding hydrogens is 234 g/mol. The Morgan fingerprint density at radius 1 is 1.16 bits per heavy atom. The second kappa shape index (κ2) is 5.62. The number of benzene rings is 1. The van der Waals surface area contributed by atoms with Crippen LogP contribution < -0.4 is 5.32 Å². The molecule has 2 heteroatoms. The Hall–Kier alpha value is -1.54. The van der Waals surface area contributed by atoms with Crippen LogP contribution >= 0.6 is 0 Å². The molecule has 19 heavy (non-hydrogen) atoms. The van der Waals surface area contributed by atoms with E-state index in [9.17, 15) is 0 Å². The number of furan rings is 1. The third-order valence-electron chi connectivity index (χ3n) is 3.51. The summed E-state index contributed by atoms with van der Waals surface area (Å²) >= 11 is 0. The Labute approximate surface area is 115 Å². The zero-order valence-corrected chi connectivity index (χ0v) is 12.2. The van der Waals surface area contributed by atoms with Crippen molar-refractivity contribution in [3.05, 3.63) is 59.5 Å². The molecular formula is C17H23NO. The van der Waals surface area contributed by atoms with Gasteiger partial charge in [-0.25, -0.2) is 0 Å². The van der Waals surface area contributed by atoms with E-state index in [1.807, 2.05) is 19.4 Å². The van der Waals surface area contributed by atoms with Crippen molar-refractivity contribution in [1.82, 2.24) is 5.32 Å². The minimum absolute atomic E-state index is 0.155. The second-order valence-electron chi connectivity index (χ2n) is 6.01. The van der Waals surface area contributed by atoms with Gasteiger partial charge in [0.2, 0.25) is 0 Å². The van der Waals surface area contributed by atoms with Crippen molar-refractivity contribution >= 4 is 0 Å². The Morgan fingerprint density at radius 3 is 2.47 bits per heavy atom. The molecule has 1 unspecified atom stereocenters. The lowest BCUT2D eigenvalue weighted by molar-refractivity contribution is 0.531. The van der Waals surface area contributed by atoms with Gasteiger partial charge in [-0.2, -0.15) is 0 Å². The highest BCUT2D eigenvalue weighted by Crippen LogP contribution is 2.31. The molecule has 2 aromatic rings. The fraction of sp³-hybridized carbons (Fsp3) is 0.412. The fourth-order valence-electron chi connectivity index (χ4n) is 2.50. The summed E-state index contributed by atoms with van der Waals surface area (Å²) in [6.45, 7) is 6.78. The molecule has 2 rings (SSSR count). The summed E-state index contributed by atoms with van der Waals surface area (Å²) in [4.78, 5) is 0. The molecule has 1 heterocycles. The minimum atomic E-state index is 0.155. The largest absolute Gasteiger partial charge is 0.472 e. The van der Waals surface area contributed by atoms with Gasteiger partial charge in [0, 0.05) is 6.04 Å². The average Bonchev–Trinajstić information content (AvgIpc) is 2.88. The number of hydrogen-bond acceptors (Lipinski definition) is 2. The van der Waals surface area contributed by atoms with E-state index in [2.05, 4.69) is 50.4 Å². The highest BCUT2D eigenvalue weighted by molar-refractivity contribution is 5.36. The number of hydrogen-bond donors (Lipinski definition) is 1. The lowest BCUT2D eigenvalue weighted by Gasteiger charge is -2.27. The first-order valence-electron chi connectivity index (χ1n) is 6.80. The van der Waals surface area contributed by atoms with Crippen LogP contribution in [0.15, 0.2) is 47.3 Å². The quantitative estimate of drug-likeness (QED) is 0.892. The van der Waals surface area contributed by atoms with Crippen molar-refractivity contribution in [3.8, 4) is 0 Å². The molecule has 0 aliphatic heterocycles. The first kappa shape index (κ1) is 13.9. The predicted molar refractivity (Wildman–Crippen MR) is 79.4 cm³/mol. The van der Waals surface area contributed by atoms with Gasteiger partial charge in [-0.3, -0.25) is 0 Å². The molecule has 0 saturated carbocycles. The summed E-state index contributed by atoms with van der Waals surface area (Å²) < 4.78 is 5.17. The maximum absolute atomic E-state index is 5.17. The molecule has 0 radical (unpaired) electrons. The van der Waals surface area contributed by atoms with Crippen molar-refractivity contribution < 1.29 is 4.42 Å². The summed E-state index contributed by atoms with van der Waals surface area (Å²) in [5, 5.41) is 3.43. The average molecular weight is 257 g/mol. The molecule has 0 spiro atoms. The van der Waals surface area contributed by atoms with Crippen LogP contribution in [0.1, 0.15) is 43.5 Å². The Balaban J connectivity index is 2.33. The van der Waals surface area contributed by atoms with Crippen molar-refractivity contribution in [3.63, 3.8) is 0 Å². The lowest BCUT2D eigenvalue weighted by atomic mass is 9.81. The summed E-state index contributed by atoms with van der Waals surface area (Å²) in [5.41, 5.74) is 4.15. The van der Waals surface area contributed by atoms with Crippen LogP contribution in [0, 0.1) is 0 Å². The Morgan fingerprint density at radius 2 is 1.89 bits per heavy atom. The monoisotopic (exact) mass is 257 g/mol. The van der Waals surface area contributed by atoms with Crippen LogP contribution in [0.4, 0.5) is 0 Å². The van der Waals surface area contributed by atoms with E-state index >= 15 is 0 Å². The summed E-state index contributed by atoms with van der Waals surface area (Å²) in [6.07, 6.45) is 4.50. The summed E-state index contributed by atoms with van der Waals surface area (Å²) in [6, 6.07) is 11.0. The van der Waals surface area contributed by atoms with Gasteiger partial charge in [0.15, 0.2) is 0 Å².